The Balaban J connectivity index is 1.74. The molecule has 1 aliphatic carbocycles. The van der Waals surface area contributed by atoms with Gasteiger partial charge in [-0.1, -0.05) is 6.92 Å². The van der Waals surface area contributed by atoms with Gasteiger partial charge in [-0.2, -0.15) is 0 Å². The largest absolute Gasteiger partial charge is 0.436 e. The van der Waals surface area contributed by atoms with Crippen LogP contribution in [0.3, 0.4) is 0 Å². The standard InChI is InChI=1S/C16H25NO6/c1-8-10-4-5-12(17)11-6-7-15(3)21-14(16(10,11)23-22-15)20-13(8)19-9(2)18/h8,10-14H,4-7,17H2,1-3H3/t8-,10+,11+,12-,13-,14-,15-,16+/m1/s1. The van der Waals surface area contributed by atoms with Crippen LogP contribution in [0, 0.1) is 17.8 Å². The Bertz CT molecular complexity index is 515. The number of carbonyl (C=O) groups excluding carboxylic acids is 1. The zero-order chi connectivity index (χ0) is 16.4. The molecule has 5 aliphatic rings. The van der Waals surface area contributed by atoms with Gasteiger partial charge < -0.3 is 19.9 Å². The van der Waals surface area contributed by atoms with Crippen LogP contribution in [0.2, 0.25) is 0 Å². The molecule has 5 rings (SSSR count). The molecular formula is C16H25NO6. The van der Waals surface area contributed by atoms with E-state index >= 15 is 0 Å². The highest BCUT2D eigenvalue weighted by atomic mass is 17.3. The summed E-state index contributed by atoms with van der Waals surface area (Å²) in [6.45, 7) is 5.26. The number of fused-ring (bicyclic) bond motifs is 2. The van der Waals surface area contributed by atoms with Gasteiger partial charge in [0.2, 0.25) is 12.1 Å². The molecule has 1 saturated carbocycles. The lowest BCUT2D eigenvalue weighted by molar-refractivity contribution is -0.575. The van der Waals surface area contributed by atoms with Crippen molar-refractivity contribution in [3.8, 4) is 0 Å². The van der Waals surface area contributed by atoms with Crippen LogP contribution in [0.15, 0.2) is 0 Å². The van der Waals surface area contributed by atoms with Crippen LogP contribution in [0.25, 0.3) is 0 Å². The fourth-order valence-electron chi connectivity index (χ4n) is 4.92. The van der Waals surface area contributed by atoms with E-state index in [1.165, 1.54) is 6.92 Å². The number of hydrogen-bond acceptors (Lipinski definition) is 7. The van der Waals surface area contributed by atoms with E-state index in [4.69, 9.17) is 29.7 Å². The van der Waals surface area contributed by atoms with Gasteiger partial charge in [0.1, 0.15) is 0 Å². The van der Waals surface area contributed by atoms with E-state index in [1.54, 1.807) is 0 Å². The highest BCUT2D eigenvalue weighted by molar-refractivity contribution is 5.66. The van der Waals surface area contributed by atoms with Gasteiger partial charge in [0.25, 0.3) is 0 Å². The second-order valence-corrected chi connectivity index (χ2v) is 7.57. The summed E-state index contributed by atoms with van der Waals surface area (Å²) in [6, 6.07) is 0.0301. The summed E-state index contributed by atoms with van der Waals surface area (Å²) >= 11 is 0. The zero-order valence-electron chi connectivity index (χ0n) is 13.8. The van der Waals surface area contributed by atoms with Crippen LogP contribution < -0.4 is 5.73 Å². The second-order valence-electron chi connectivity index (χ2n) is 7.57. The van der Waals surface area contributed by atoms with E-state index in [9.17, 15) is 4.79 Å². The Hall–Kier alpha value is -0.730. The van der Waals surface area contributed by atoms with Gasteiger partial charge in [0, 0.05) is 37.1 Å². The first kappa shape index (κ1) is 15.8. The first-order valence-corrected chi connectivity index (χ1v) is 8.49. The number of hydrogen-bond donors (Lipinski definition) is 1. The predicted octanol–water partition coefficient (Wildman–Crippen LogP) is 1.45. The number of carbonyl (C=O) groups is 1. The van der Waals surface area contributed by atoms with Crippen molar-refractivity contribution in [2.75, 3.05) is 0 Å². The molecule has 0 amide bonds. The maximum Gasteiger partial charge on any atom is 0.304 e. The lowest BCUT2D eigenvalue weighted by Crippen LogP contribution is -2.72. The highest BCUT2D eigenvalue weighted by Crippen LogP contribution is 2.58. The summed E-state index contributed by atoms with van der Waals surface area (Å²) in [5.74, 6) is -1.00. The number of nitrogens with two attached hydrogens (primary N) is 1. The normalized spacial score (nSPS) is 55.0. The molecule has 2 bridgehead atoms. The molecule has 0 aromatic heterocycles. The summed E-state index contributed by atoms with van der Waals surface area (Å²) in [4.78, 5) is 23.0. The van der Waals surface area contributed by atoms with Crippen molar-refractivity contribution in [1.82, 2.24) is 0 Å². The molecule has 1 spiro atoms. The maximum absolute atomic E-state index is 11.4. The van der Waals surface area contributed by atoms with Crippen LogP contribution in [0.4, 0.5) is 0 Å². The quantitative estimate of drug-likeness (QED) is 0.576. The molecular weight excluding hydrogens is 302 g/mol. The van der Waals surface area contributed by atoms with Gasteiger partial charge in [-0.3, -0.25) is 4.79 Å². The molecule has 7 heteroatoms. The van der Waals surface area contributed by atoms with Crippen molar-refractivity contribution in [3.63, 3.8) is 0 Å². The average Bonchev–Trinajstić information content (AvgIpc) is 2.70. The van der Waals surface area contributed by atoms with Gasteiger partial charge in [0.15, 0.2) is 11.9 Å². The van der Waals surface area contributed by atoms with Crippen LogP contribution in [-0.2, 0) is 28.8 Å². The molecule has 4 aliphatic heterocycles. The number of esters is 1. The van der Waals surface area contributed by atoms with Gasteiger partial charge in [0.05, 0.1) is 0 Å². The smallest absolute Gasteiger partial charge is 0.304 e. The Kier molecular flexibility index (Phi) is 3.52. The highest BCUT2D eigenvalue weighted by Gasteiger charge is 2.70. The Labute approximate surface area is 135 Å². The Morgan fingerprint density at radius 3 is 2.74 bits per heavy atom. The minimum Gasteiger partial charge on any atom is -0.436 e. The molecule has 0 aromatic rings. The van der Waals surface area contributed by atoms with E-state index < -0.39 is 24.0 Å². The SMILES string of the molecule is CC(=O)O[C@@H]1O[C@@H]2O[C@@]3(C)CC[C@H]4[C@H](N)CC[C@@H]([C@H]1C)[C@@]24OO3. The third-order valence-electron chi connectivity index (χ3n) is 6.09. The Morgan fingerprint density at radius 2 is 2.00 bits per heavy atom. The molecule has 0 unspecified atom stereocenters. The Morgan fingerprint density at radius 1 is 1.22 bits per heavy atom. The molecule has 7 nitrogen and oxygen atoms in total. The van der Waals surface area contributed by atoms with Crippen molar-refractivity contribution < 1.29 is 28.8 Å². The fourth-order valence-corrected chi connectivity index (χ4v) is 4.92. The van der Waals surface area contributed by atoms with Gasteiger partial charge in [-0.15, -0.1) is 0 Å². The zero-order valence-corrected chi connectivity index (χ0v) is 13.8. The molecule has 0 radical (unpaired) electrons. The summed E-state index contributed by atoms with van der Waals surface area (Å²) in [7, 11) is 0. The molecule has 2 N–H and O–H groups in total. The molecule has 0 aromatic carbocycles. The van der Waals surface area contributed by atoms with E-state index in [0.29, 0.717) is 6.42 Å². The lowest BCUT2D eigenvalue weighted by Gasteiger charge is -2.59. The summed E-state index contributed by atoms with van der Waals surface area (Å²) in [5, 5.41) is 0. The fraction of sp³-hybridized carbons (Fsp3) is 0.938. The monoisotopic (exact) mass is 327 g/mol. The van der Waals surface area contributed by atoms with Crippen LogP contribution >= 0.6 is 0 Å². The summed E-state index contributed by atoms with van der Waals surface area (Å²) in [5.41, 5.74) is 5.69. The minimum atomic E-state index is -0.848. The molecule has 23 heavy (non-hydrogen) atoms. The van der Waals surface area contributed by atoms with E-state index in [2.05, 4.69) is 0 Å². The molecule has 4 heterocycles. The topological polar surface area (TPSA) is 89.2 Å². The predicted molar refractivity (Wildman–Crippen MR) is 77.4 cm³/mol. The van der Waals surface area contributed by atoms with E-state index in [1.807, 2.05) is 13.8 Å². The molecule has 130 valence electrons. The summed E-state index contributed by atoms with van der Waals surface area (Å²) in [6.07, 6.45) is 2.10. The molecule has 8 atom stereocenters. The van der Waals surface area contributed by atoms with Crippen LogP contribution in [0.5, 0.6) is 0 Å². The van der Waals surface area contributed by atoms with Crippen LogP contribution in [0.1, 0.15) is 46.5 Å². The van der Waals surface area contributed by atoms with Crippen molar-refractivity contribution >= 4 is 5.97 Å². The van der Waals surface area contributed by atoms with Crippen molar-refractivity contribution in [3.05, 3.63) is 0 Å². The second kappa shape index (κ2) is 5.13. The van der Waals surface area contributed by atoms with E-state index in [-0.39, 0.29) is 29.8 Å². The van der Waals surface area contributed by atoms with Crippen LogP contribution in [-0.4, -0.2) is 36.0 Å². The number of ether oxygens (including phenoxy) is 3. The third-order valence-corrected chi connectivity index (χ3v) is 6.09. The third kappa shape index (κ3) is 2.17. The molecule has 4 saturated heterocycles. The van der Waals surface area contributed by atoms with Gasteiger partial charge >= 0.3 is 5.97 Å². The first-order valence-electron chi connectivity index (χ1n) is 8.49. The van der Waals surface area contributed by atoms with Crippen molar-refractivity contribution in [2.45, 2.75) is 76.5 Å². The van der Waals surface area contributed by atoms with Gasteiger partial charge in [-0.05, 0) is 26.2 Å². The maximum atomic E-state index is 11.4. The number of rotatable bonds is 1. The van der Waals surface area contributed by atoms with Crippen molar-refractivity contribution in [1.29, 1.82) is 0 Å². The average molecular weight is 327 g/mol. The minimum absolute atomic E-state index is 0.0141. The molecule has 5 fully saturated rings. The first-order chi connectivity index (χ1) is 10.9. The van der Waals surface area contributed by atoms with Gasteiger partial charge in [-0.25, -0.2) is 9.78 Å². The summed E-state index contributed by atoms with van der Waals surface area (Å²) < 4.78 is 17.5. The van der Waals surface area contributed by atoms with Crippen molar-refractivity contribution in [2.24, 2.45) is 23.5 Å². The lowest BCUT2D eigenvalue weighted by atomic mass is 9.60. The van der Waals surface area contributed by atoms with E-state index in [0.717, 1.165) is 19.3 Å².